The van der Waals surface area contributed by atoms with Gasteiger partial charge in [-0.3, -0.25) is 9.59 Å². The summed E-state index contributed by atoms with van der Waals surface area (Å²) in [6.45, 7) is 0. The predicted octanol–water partition coefficient (Wildman–Crippen LogP) is 7.66. The van der Waals surface area contributed by atoms with Crippen molar-refractivity contribution in [3.05, 3.63) is 118 Å². The van der Waals surface area contributed by atoms with Gasteiger partial charge in [0.2, 0.25) is 11.8 Å². The maximum atomic E-state index is 13.4. The molecule has 5 nitrogen and oxygen atoms in total. The first-order valence-corrected chi connectivity index (χ1v) is 13.0. The number of hydrogen-bond acceptors (Lipinski definition) is 4. The second-order valence-corrected chi connectivity index (χ2v) is 10.1. The Bertz CT molecular complexity index is 1380. The fraction of sp³-hybridized carbons (Fsp3) is 0.103. The molecule has 0 saturated carbocycles. The Balaban J connectivity index is 1.49. The molecule has 2 N–H and O–H groups in total. The Labute approximate surface area is 230 Å². The highest BCUT2D eigenvalue weighted by molar-refractivity contribution is 8.00. The van der Waals surface area contributed by atoms with E-state index in [-0.39, 0.29) is 18.2 Å². The van der Waals surface area contributed by atoms with E-state index in [0.717, 1.165) is 16.0 Å². The van der Waals surface area contributed by atoms with E-state index in [1.807, 2.05) is 66.7 Å². The molecule has 0 aliphatic carbocycles. The molecule has 4 aromatic rings. The van der Waals surface area contributed by atoms with E-state index >= 15 is 0 Å². The van der Waals surface area contributed by atoms with Crippen molar-refractivity contribution in [2.75, 3.05) is 17.7 Å². The normalized spacial score (nSPS) is 11.4. The third-order valence-corrected chi connectivity index (χ3v) is 7.20. The number of ether oxygens (including phenoxy) is 1. The molecule has 4 aromatic carbocycles. The molecule has 0 heterocycles. The molecule has 0 aliphatic heterocycles. The van der Waals surface area contributed by atoms with Crippen molar-refractivity contribution in [1.82, 2.24) is 0 Å². The number of carbonyl (C=O) groups excluding carboxylic acids is 2. The number of halogens is 2. The Hall–Kier alpha value is -3.45. The zero-order chi connectivity index (χ0) is 26.2. The van der Waals surface area contributed by atoms with Gasteiger partial charge >= 0.3 is 0 Å². The molecule has 1 atom stereocenters. The lowest BCUT2D eigenvalue weighted by molar-refractivity contribution is -0.116. The highest BCUT2D eigenvalue weighted by atomic mass is 35.5. The van der Waals surface area contributed by atoms with Crippen LogP contribution in [0.1, 0.15) is 16.4 Å². The van der Waals surface area contributed by atoms with Gasteiger partial charge in [0.15, 0.2) is 0 Å². The monoisotopic (exact) mass is 550 g/mol. The summed E-state index contributed by atoms with van der Waals surface area (Å²) in [5.74, 6) is 0.191. The third-order valence-electron chi connectivity index (χ3n) is 5.41. The van der Waals surface area contributed by atoms with Gasteiger partial charge in [-0.25, -0.2) is 0 Å². The molecule has 0 bridgehead atoms. The average Bonchev–Trinajstić information content (AvgIpc) is 2.89. The largest absolute Gasteiger partial charge is 0.495 e. The van der Waals surface area contributed by atoms with E-state index in [9.17, 15) is 9.59 Å². The number of benzene rings is 4. The number of amides is 2. The molecule has 188 valence electrons. The number of hydrogen-bond donors (Lipinski definition) is 2. The van der Waals surface area contributed by atoms with E-state index < -0.39 is 5.25 Å². The smallest absolute Gasteiger partial charge is 0.242 e. The lowest BCUT2D eigenvalue weighted by Gasteiger charge is -2.18. The summed E-state index contributed by atoms with van der Waals surface area (Å²) in [5.41, 5.74) is 2.94. The van der Waals surface area contributed by atoms with Crippen LogP contribution < -0.4 is 15.4 Å². The lowest BCUT2D eigenvalue weighted by Crippen LogP contribution is -2.19. The van der Waals surface area contributed by atoms with Crippen LogP contribution in [0.4, 0.5) is 11.4 Å². The van der Waals surface area contributed by atoms with Crippen LogP contribution in [0.15, 0.2) is 102 Å². The average molecular weight is 551 g/mol. The number of methoxy groups -OCH3 is 1. The Kier molecular flexibility index (Phi) is 9.12. The van der Waals surface area contributed by atoms with Crippen molar-refractivity contribution in [1.29, 1.82) is 0 Å². The molecule has 0 aromatic heterocycles. The lowest BCUT2D eigenvalue weighted by atomic mass is 10.1. The SMILES string of the molecule is COc1ccc(NC(=O)C(Sc2cccc(NC(=O)Cc3ccc(Cl)cc3)c2)c2ccccc2)cc1Cl. The molecular formula is C29H24Cl2N2O3S. The van der Waals surface area contributed by atoms with Gasteiger partial charge in [-0.1, -0.05) is 71.7 Å². The fourth-order valence-electron chi connectivity index (χ4n) is 3.63. The summed E-state index contributed by atoms with van der Waals surface area (Å²) in [7, 11) is 1.54. The zero-order valence-electron chi connectivity index (χ0n) is 19.9. The van der Waals surface area contributed by atoms with Gasteiger partial charge in [0, 0.05) is 21.3 Å². The second kappa shape index (κ2) is 12.7. The minimum atomic E-state index is -0.540. The summed E-state index contributed by atoms with van der Waals surface area (Å²) < 4.78 is 5.19. The number of nitrogens with one attached hydrogen (secondary N) is 2. The van der Waals surface area contributed by atoms with Crippen LogP contribution in [0.25, 0.3) is 0 Å². The Morgan fingerprint density at radius 3 is 2.27 bits per heavy atom. The minimum absolute atomic E-state index is 0.141. The number of carbonyl (C=O) groups is 2. The van der Waals surface area contributed by atoms with Crippen LogP contribution in [-0.4, -0.2) is 18.9 Å². The summed E-state index contributed by atoms with van der Waals surface area (Å²) in [6, 6.07) is 29.2. The molecule has 8 heteroatoms. The van der Waals surface area contributed by atoms with E-state index in [2.05, 4.69) is 10.6 Å². The molecule has 1 unspecified atom stereocenters. The van der Waals surface area contributed by atoms with Gasteiger partial charge in [-0.15, -0.1) is 11.8 Å². The number of thioether (sulfide) groups is 1. The first-order chi connectivity index (χ1) is 17.9. The van der Waals surface area contributed by atoms with Crippen molar-refractivity contribution in [3.63, 3.8) is 0 Å². The minimum Gasteiger partial charge on any atom is -0.495 e. The van der Waals surface area contributed by atoms with E-state index in [1.165, 1.54) is 18.9 Å². The summed E-state index contributed by atoms with van der Waals surface area (Å²) >= 11 is 13.6. The topological polar surface area (TPSA) is 67.4 Å². The predicted molar refractivity (Wildman–Crippen MR) is 152 cm³/mol. The van der Waals surface area contributed by atoms with Gasteiger partial charge < -0.3 is 15.4 Å². The molecule has 0 radical (unpaired) electrons. The quantitative estimate of drug-likeness (QED) is 0.210. The maximum Gasteiger partial charge on any atom is 0.242 e. The molecular weight excluding hydrogens is 527 g/mol. The first-order valence-electron chi connectivity index (χ1n) is 11.4. The van der Waals surface area contributed by atoms with E-state index in [1.54, 1.807) is 30.3 Å². The van der Waals surface area contributed by atoms with E-state index in [0.29, 0.717) is 27.2 Å². The highest BCUT2D eigenvalue weighted by Crippen LogP contribution is 2.37. The van der Waals surface area contributed by atoms with Crippen molar-refractivity contribution in [2.45, 2.75) is 16.6 Å². The van der Waals surface area contributed by atoms with Gasteiger partial charge in [0.25, 0.3) is 0 Å². The van der Waals surface area contributed by atoms with Crippen molar-refractivity contribution < 1.29 is 14.3 Å². The summed E-state index contributed by atoms with van der Waals surface area (Å²) in [4.78, 5) is 26.8. The van der Waals surface area contributed by atoms with Crippen LogP contribution in [0.5, 0.6) is 5.75 Å². The van der Waals surface area contributed by atoms with Crippen molar-refractivity contribution >= 4 is 58.2 Å². The summed E-state index contributed by atoms with van der Waals surface area (Å²) in [5, 5.41) is 6.38. The Morgan fingerprint density at radius 2 is 1.57 bits per heavy atom. The maximum absolute atomic E-state index is 13.4. The number of anilines is 2. The van der Waals surface area contributed by atoms with Gasteiger partial charge in [0.05, 0.1) is 18.6 Å². The number of rotatable bonds is 9. The molecule has 0 fully saturated rings. The zero-order valence-corrected chi connectivity index (χ0v) is 22.2. The standard InChI is InChI=1S/C29H24Cl2N2O3S/c1-36-26-15-14-23(18-25(26)31)33-29(35)28(20-6-3-2-4-7-20)37-24-9-5-8-22(17-24)32-27(34)16-19-10-12-21(30)13-11-19/h2-15,17-18,28H,16H2,1H3,(H,32,34)(H,33,35). The van der Waals surface area contributed by atoms with Crippen LogP contribution in [0, 0.1) is 0 Å². The first kappa shape index (κ1) is 26.6. The van der Waals surface area contributed by atoms with Crippen LogP contribution in [-0.2, 0) is 16.0 Å². The van der Waals surface area contributed by atoms with Crippen molar-refractivity contribution in [3.8, 4) is 5.75 Å². The van der Waals surface area contributed by atoms with Gasteiger partial charge in [-0.2, -0.15) is 0 Å². The molecule has 0 aliphatic rings. The second-order valence-electron chi connectivity index (χ2n) is 8.13. The summed E-state index contributed by atoms with van der Waals surface area (Å²) in [6.07, 6.45) is 0.230. The van der Waals surface area contributed by atoms with Gasteiger partial charge in [-0.05, 0) is 59.7 Å². The molecule has 4 rings (SSSR count). The van der Waals surface area contributed by atoms with E-state index in [4.69, 9.17) is 27.9 Å². The van der Waals surface area contributed by atoms with Gasteiger partial charge in [0.1, 0.15) is 11.0 Å². The third kappa shape index (κ3) is 7.52. The van der Waals surface area contributed by atoms with Crippen molar-refractivity contribution in [2.24, 2.45) is 0 Å². The van der Waals surface area contributed by atoms with Crippen LogP contribution in [0.3, 0.4) is 0 Å². The molecule has 0 saturated heterocycles. The highest BCUT2D eigenvalue weighted by Gasteiger charge is 2.23. The molecule has 37 heavy (non-hydrogen) atoms. The fourth-order valence-corrected chi connectivity index (χ4v) is 5.10. The Morgan fingerprint density at radius 1 is 0.838 bits per heavy atom. The molecule has 0 spiro atoms. The van der Waals surface area contributed by atoms with Crippen LogP contribution in [0.2, 0.25) is 10.0 Å². The molecule has 2 amide bonds. The van der Waals surface area contributed by atoms with Crippen LogP contribution >= 0.6 is 35.0 Å².